The first-order valence-electron chi connectivity index (χ1n) is 4.01. The quantitative estimate of drug-likeness (QED) is 0.545. The molecule has 1 saturated carbocycles. The van der Waals surface area contributed by atoms with Gasteiger partial charge in [0.05, 0.1) is 0 Å². The van der Waals surface area contributed by atoms with Gasteiger partial charge in [-0.15, -0.1) is 0 Å². The van der Waals surface area contributed by atoms with E-state index in [9.17, 15) is 26.3 Å². The van der Waals surface area contributed by atoms with E-state index in [1.165, 1.54) is 0 Å². The fourth-order valence-electron chi connectivity index (χ4n) is 2.20. The van der Waals surface area contributed by atoms with E-state index in [0.717, 1.165) is 6.92 Å². The van der Waals surface area contributed by atoms with Crippen LogP contribution in [-0.2, 0) is 0 Å². The Morgan fingerprint density at radius 2 is 1.57 bits per heavy atom. The minimum Gasteiger partial charge on any atom is -0.229 e. The van der Waals surface area contributed by atoms with Crippen molar-refractivity contribution in [1.29, 1.82) is 0 Å². The molecule has 0 aliphatic heterocycles. The zero-order valence-corrected chi connectivity index (χ0v) is 7.05. The molecule has 0 nitrogen and oxygen atoms in total. The molecule has 2 aliphatic carbocycles. The Morgan fingerprint density at radius 3 is 1.86 bits per heavy atom. The normalized spacial score (nSPS) is 50.4. The molecular formula is C8H6F6. The standard InChI is InChI=1S/C8H6F6/c1-3-2-6(11)4(9)5(10)7(3,12)8(6,13)14/h3H,2H2,1H3. The third-order valence-corrected chi connectivity index (χ3v) is 3.08. The topological polar surface area (TPSA) is 0 Å². The van der Waals surface area contributed by atoms with Gasteiger partial charge in [0, 0.05) is 12.3 Å². The molecule has 0 aromatic carbocycles. The van der Waals surface area contributed by atoms with E-state index in [0.29, 0.717) is 0 Å². The van der Waals surface area contributed by atoms with Crippen LogP contribution in [0.5, 0.6) is 0 Å². The van der Waals surface area contributed by atoms with Crippen LogP contribution in [0.1, 0.15) is 13.3 Å². The molecule has 0 spiro atoms. The van der Waals surface area contributed by atoms with Gasteiger partial charge in [-0.25, -0.2) is 17.6 Å². The van der Waals surface area contributed by atoms with E-state index in [1.54, 1.807) is 0 Å². The van der Waals surface area contributed by atoms with Crippen LogP contribution < -0.4 is 0 Å². The fourth-order valence-corrected chi connectivity index (χ4v) is 2.20. The van der Waals surface area contributed by atoms with Gasteiger partial charge in [0.2, 0.25) is 11.3 Å². The number of alkyl halides is 4. The van der Waals surface area contributed by atoms with E-state index in [4.69, 9.17) is 0 Å². The van der Waals surface area contributed by atoms with E-state index < -0.39 is 41.3 Å². The summed E-state index contributed by atoms with van der Waals surface area (Å²) in [7, 11) is 0. The van der Waals surface area contributed by atoms with Crippen LogP contribution in [0.4, 0.5) is 26.3 Å². The van der Waals surface area contributed by atoms with Gasteiger partial charge < -0.3 is 0 Å². The molecule has 2 aliphatic rings. The summed E-state index contributed by atoms with van der Waals surface area (Å²) in [4.78, 5) is 0. The van der Waals surface area contributed by atoms with Crippen molar-refractivity contribution in [1.82, 2.24) is 0 Å². The molecule has 2 bridgehead atoms. The molecule has 3 atom stereocenters. The molecule has 0 aromatic heterocycles. The second-order valence-electron chi connectivity index (χ2n) is 3.82. The van der Waals surface area contributed by atoms with Crippen LogP contribution in [0.2, 0.25) is 0 Å². The van der Waals surface area contributed by atoms with Gasteiger partial charge in [0.1, 0.15) is 0 Å². The van der Waals surface area contributed by atoms with Crippen molar-refractivity contribution in [2.45, 2.75) is 30.6 Å². The van der Waals surface area contributed by atoms with Crippen molar-refractivity contribution in [3.05, 3.63) is 11.7 Å². The first-order chi connectivity index (χ1) is 6.19. The van der Waals surface area contributed by atoms with Crippen LogP contribution in [0.3, 0.4) is 0 Å². The minimum absolute atomic E-state index is 0.932. The van der Waals surface area contributed by atoms with Gasteiger partial charge in [0.15, 0.2) is 11.7 Å². The molecule has 0 heterocycles. The highest BCUT2D eigenvalue weighted by molar-refractivity contribution is 5.44. The summed E-state index contributed by atoms with van der Waals surface area (Å²) in [6.45, 7) is 0.932. The smallest absolute Gasteiger partial charge is 0.229 e. The Morgan fingerprint density at radius 1 is 1.07 bits per heavy atom. The van der Waals surface area contributed by atoms with Gasteiger partial charge >= 0.3 is 5.92 Å². The Kier molecular flexibility index (Phi) is 1.49. The predicted molar refractivity (Wildman–Crippen MR) is 35.6 cm³/mol. The Hall–Kier alpha value is -0.680. The fraction of sp³-hybridized carbons (Fsp3) is 0.750. The number of hydrogen-bond acceptors (Lipinski definition) is 0. The lowest BCUT2D eigenvalue weighted by molar-refractivity contribution is -0.158. The molecule has 2 rings (SSSR count). The monoisotopic (exact) mass is 216 g/mol. The van der Waals surface area contributed by atoms with Crippen molar-refractivity contribution in [3.63, 3.8) is 0 Å². The largest absolute Gasteiger partial charge is 0.328 e. The van der Waals surface area contributed by atoms with E-state index in [-0.39, 0.29) is 0 Å². The van der Waals surface area contributed by atoms with Crippen molar-refractivity contribution >= 4 is 0 Å². The molecule has 3 unspecified atom stereocenters. The molecule has 80 valence electrons. The summed E-state index contributed by atoms with van der Waals surface area (Å²) in [5.74, 6) is -10.8. The summed E-state index contributed by atoms with van der Waals surface area (Å²) in [5.41, 5.74) is -7.61. The lowest BCUT2D eigenvalue weighted by Gasteiger charge is -2.25. The highest BCUT2D eigenvalue weighted by atomic mass is 19.3. The van der Waals surface area contributed by atoms with Crippen molar-refractivity contribution in [3.8, 4) is 0 Å². The van der Waals surface area contributed by atoms with Crippen molar-refractivity contribution < 1.29 is 26.3 Å². The first-order valence-corrected chi connectivity index (χ1v) is 4.01. The van der Waals surface area contributed by atoms with Crippen LogP contribution >= 0.6 is 0 Å². The van der Waals surface area contributed by atoms with Crippen LogP contribution in [0.25, 0.3) is 0 Å². The molecule has 0 saturated heterocycles. The maximum atomic E-state index is 13.5. The molecular weight excluding hydrogens is 210 g/mol. The lowest BCUT2D eigenvalue weighted by Crippen LogP contribution is -2.47. The van der Waals surface area contributed by atoms with E-state index >= 15 is 0 Å². The molecule has 0 amide bonds. The van der Waals surface area contributed by atoms with E-state index in [2.05, 4.69) is 0 Å². The number of allylic oxidation sites excluding steroid dienone is 2. The van der Waals surface area contributed by atoms with Crippen LogP contribution in [-0.4, -0.2) is 17.3 Å². The molecule has 0 radical (unpaired) electrons. The van der Waals surface area contributed by atoms with Crippen LogP contribution in [0.15, 0.2) is 11.7 Å². The third-order valence-electron chi connectivity index (χ3n) is 3.08. The average Bonchev–Trinajstić information content (AvgIpc) is 2.27. The Labute approximate surface area is 75.6 Å². The van der Waals surface area contributed by atoms with Gasteiger partial charge in [-0.3, -0.25) is 0 Å². The maximum absolute atomic E-state index is 13.5. The molecule has 0 aromatic rings. The Balaban J connectivity index is 2.70. The van der Waals surface area contributed by atoms with E-state index in [1.807, 2.05) is 0 Å². The average molecular weight is 216 g/mol. The molecule has 14 heavy (non-hydrogen) atoms. The summed E-state index contributed by atoms with van der Waals surface area (Å²) in [6.07, 6.45) is -1.03. The maximum Gasteiger partial charge on any atom is 0.328 e. The van der Waals surface area contributed by atoms with Crippen LogP contribution in [0, 0.1) is 5.92 Å². The minimum atomic E-state index is -4.65. The first kappa shape index (κ1) is 9.86. The highest BCUT2D eigenvalue weighted by Gasteiger charge is 2.85. The van der Waals surface area contributed by atoms with Gasteiger partial charge in [-0.2, -0.15) is 8.78 Å². The van der Waals surface area contributed by atoms with Gasteiger partial charge in [-0.1, -0.05) is 6.92 Å². The zero-order chi connectivity index (χ0) is 10.9. The number of halogens is 6. The predicted octanol–water partition coefficient (Wildman–Crippen LogP) is 3.24. The highest BCUT2D eigenvalue weighted by Crippen LogP contribution is 2.69. The molecule has 6 heteroatoms. The lowest BCUT2D eigenvalue weighted by atomic mass is 9.91. The number of fused-ring (bicyclic) bond motifs is 2. The Bertz CT molecular complexity index is 335. The van der Waals surface area contributed by atoms with Gasteiger partial charge in [0.25, 0.3) is 0 Å². The SMILES string of the molecule is CC1CC2(F)C(F)=C(F)C1(F)C2(F)F. The number of rotatable bonds is 0. The van der Waals surface area contributed by atoms with Crippen molar-refractivity contribution in [2.75, 3.05) is 0 Å². The van der Waals surface area contributed by atoms with Gasteiger partial charge in [-0.05, 0) is 0 Å². The second kappa shape index (κ2) is 2.12. The van der Waals surface area contributed by atoms with Crippen molar-refractivity contribution in [2.24, 2.45) is 5.92 Å². The zero-order valence-electron chi connectivity index (χ0n) is 7.05. The molecule has 1 fully saturated rings. The third kappa shape index (κ3) is 0.614. The summed E-state index contributed by atoms with van der Waals surface area (Å²) < 4.78 is 78.4. The summed E-state index contributed by atoms with van der Waals surface area (Å²) in [6, 6.07) is 0. The number of hydrogen-bond donors (Lipinski definition) is 0. The molecule has 0 N–H and O–H groups in total. The second-order valence-corrected chi connectivity index (χ2v) is 3.82. The summed E-state index contributed by atoms with van der Waals surface area (Å²) >= 11 is 0. The summed E-state index contributed by atoms with van der Waals surface area (Å²) in [5, 5.41) is 0.